The molecule has 2 aromatic heterocycles. The molecule has 21 heavy (non-hydrogen) atoms. The highest BCUT2D eigenvalue weighted by molar-refractivity contribution is 7.88. The molecule has 0 saturated heterocycles. The lowest BCUT2D eigenvalue weighted by atomic mass is 10.1. The normalized spacial score (nSPS) is 11.8. The number of sulfonamides is 1. The van der Waals surface area contributed by atoms with Crippen molar-refractivity contribution < 1.29 is 8.42 Å². The van der Waals surface area contributed by atoms with Gasteiger partial charge in [0.25, 0.3) is 0 Å². The number of hydrogen-bond donors (Lipinski definition) is 1. The van der Waals surface area contributed by atoms with E-state index in [4.69, 9.17) is 5.73 Å². The molecule has 0 bridgehead atoms. The largest absolute Gasteiger partial charge is 0.329 e. The summed E-state index contributed by atoms with van der Waals surface area (Å²) in [7, 11) is -3.29. The van der Waals surface area contributed by atoms with Gasteiger partial charge in [-0.2, -0.15) is 4.31 Å². The van der Waals surface area contributed by atoms with Gasteiger partial charge in [0.15, 0.2) is 0 Å². The fraction of sp³-hybridized carbons (Fsp3) is 0.286. The molecule has 0 amide bonds. The Morgan fingerprint density at radius 1 is 1.19 bits per heavy atom. The molecule has 6 nitrogen and oxygen atoms in total. The number of nitrogens with zero attached hydrogens (tertiary/aromatic N) is 3. The molecule has 2 rings (SSSR count). The molecule has 0 aliphatic rings. The first-order valence-electron chi connectivity index (χ1n) is 6.50. The van der Waals surface area contributed by atoms with Gasteiger partial charge in [-0.3, -0.25) is 9.97 Å². The highest BCUT2D eigenvalue weighted by Gasteiger charge is 2.16. The second kappa shape index (κ2) is 6.75. The van der Waals surface area contributed by atoms with Gasteiger partial charge in [-0.15, -0.1) is 0 Å². The molecule has 0 fully saturated rings. The van der Waals surface area contributed by atoms with Crippen LogP contribution in [-0.2, 0) is 16.6 Å². The molecule has 0 spiro atoms. The van der Waals surface area contributed by atoms with Crippen LogP contribution in [0.2, 0.25) is 0 Å². The van der Waals surface area contributed by atoms with Crippen molar-refractivity contribution in [2.75, 3.05) is 19.3 Å². The summed E-state index contributed by atoms with van der Waals surface area (Å²) >= 11 is 0. The maximum absolute atomic E-state index is 11.7. The van der Waals surface area contributed by atoms with Gasteiger partial charge in [0, 0.05) is 55.5 Å². The average molecular weight is 306 g/mol. The Morgan fingerprint density at radius 2 is 1.95 bits per heavy atom. The van der Waals surface area contributed by atoms with Crippen LogP contribution >= 0.6 is 0 Å². The lowest BCUT2D eigenvalue weighted by Crippen LogP contribution is -2.34. The zero-order valence-corrected chi connectivity index (χ0v) is 12.6. The summed E-state index contributed by atoms with van der Waals surface area (Å²) in [5.74, 6) is 0. The van der Waals surface area contributed by atoms with Crippen LogP contribution in [0.1, 0.15) is 5.56 Å². The molecular formula is C14H18N4O2S. The molecule has 0 radical (unpaired) electrons. The third-order valence-corrected chi connectivity index (χ3v) is 4.25. The highest BCUT2D eigenvalue weighted by atomic mass is 32.2. The van der Waals surface area contributed by atoms with Crippen molar-refractivity contribution in [3.8, 4) is 11.1 Å². The maximum Gasteiger partial charge on any atom is 0.211 e. The van der Waals surface area contributed by atoms with Crippen LogP contribution in [0.3, 0.4) is 0 Å². The predicted octanol–water partition coefficient (Wildman–Crippen LogP) is 0.864. The monoisotopic (exact) mass is 306 g/mol. The molecule has 0 aliphatic heterocycles. The Labute approximate surface area is 124 Å². The Balaban J connectivity index is 2.25. The molecule has 7 heteroatoms. The van der Waals surface area contributed by atoms with Crippen molar-refractivity contribution in [1.82, 2.24) is 14.3 Å². The van der Waals surface area contributed by atoms with Crippen molar-refractivity contribution in [2.45, 2.75) is 6.54 Å². The van der Waals surface area contributed by atoms with Crippen molar-refractivity contribution in [3.63, 3.8) is 0 Å². The van der Waals surface area contributed by atoms with E-state index in [-0.39, 0.29) is 19.6 Å². The van der Waals surface area contributed by atoms with Gasteiger partial charge < -0.3 is 5.73 Å². The number of pyridine rings is 2. The first-order chi connectivity index (χ1) is 10.0. The molecule has 2 N–H and O–H groups in total. The third-order valence-electron chi connectivity index (χ3n) is 3.00. The van der Waals surface area contributed by atoms with E-state index in [1.165, 1.54) is 10.6 Å². The predicted molar refractivity (Wildman–Crippen MR) is 81.8 cm³/mol. The molecule has 2 aromatic rings. The van der Waals surface area contributed by atoms with Crippen molar-refractivity contribution in [1.29, 1.82) is 0 Å². The molecule has 112 valence electrons. The van der Waals surface area contributed by atoms with E-state index < -0.39 is 10.0 Å². The van der Waals surface area contributed by atoms with Crippen molar-refractivity contribution in [3.05, 3.63) is 48.5 Å². The Hall–Kier alpha value is -1.83. The van der Waals surface area contributed by atoms with Gasteiger partial charge in [0.05, 0.1) is 6.26 Å². The second-order valence-corrected chi connectivity index (χ2v) is 6.69. The zero-order chi connectivity index (χ0) is 15.3. The second-order valence-electron chi connectivity index (χ2n) is 4.71. The van der Waals surface area contributed by atoms with Gasteiger partial charge in [0.1, 0.15) is 0 Å². The number of nitrogens with two attached hydrogens (primary N) is 1. The highest BCUT2D eigenvalue weighted by Crippen LogP contribution is 2.19. The number of aromatic nitrogens is 2. The summed E-state index contributed by atoms with van der Waals surface area (Å²) in [4.78, 5) is 8.25. The van der Waals surface area contributed by atoms with Gasteiger partial charge in [-0.1, -0.05) is 6.07 Å². The van der Waals surface area contributed by atoms with Gasteiger partial charge in [-0.05, 0) is 17.7 Å². The quantitative estimate of drug-likeness (QED) is 0.855. The van der Waals surface area contributed by atoms with E-state index in [9.17, 15) is 8.42 Å². The third kappa shape index (κ3) is 4.32. The molecule has 0 saturated carbocycles. The van der Waals surface area contributed by atoms with Crippen LogP contribution in [0.25, 0.3) is 11.1 Å². The maximum atomic E-state index is 11.7. The molecule has 0 unspecified atom stereocenters. The molecule has 0 atom stereocenters. The van der Waals surface area contributed by atoms with Crippen LogP contribution in [0.5, 0.6) is 0 Å². The number of rotatable bonds is 6. The minimum Gasteiger partial charge on any atom is -0.329 e. The standard InChI is InChI=1S/C14H18N4O2S/c1-21(19,20)18(6-4-15)11-12-7-14(10-17-8-12)13-3-2-5-16-9-13/h2-3,5,7-10H,4,6,11,15H2,1H3. The van der Waals surface area contributed by atoms with E-state index in [1.54, 1.807) is 24.8 Å². The van der Waals surface area contributed by atoms with Gasteiger partial charge >= 0.3 is 0 Å². The fourth-order valence-corrected chi connectivity index (χ4v) is 2.80. The van der Waals surface area contributed by atoms with E-state index in [0.717, 1.165) is 16.7 Å². The summed E-state index contributed by atoms with van der Waals surface area (Å²) in [5, 5.41) is 0. The van der Waals surface area contributed by atoms with E-state index in [1.807, 2.05) is 18.2 Å². The Bertz CT molecular complexity index is 689. The SMILES string of the molecule is CS(=O)(=O)N(CCN)Cc1cncc(-c2cccnc2)c1. The van der Waals surface area contributed by atoms with Crippen molar-refractivity contribution in [2.24, 2.45) is 5.73 Å². The van der Waals surface area contributed by atoms with Crippen LogP contribution in [0.4, 0.5) is 0 Å². The lowest BCUT2D eigenvalue weighted by molar-refractivity contribution is 0.417. The van der Waals surface area contributed by atoms with Crippen molar-refractivity contribution >= 4 is 10.0 Å². The molecule has 0 aromatic carbocycles. The van der Waals surface area contributed by atoms with Crippen LogP contribution in [-0.4, -0.2) is 42.0 Å². The minimum absolute atomic E-state index is 0.261. The lowest BCUT2D eigenvalue weighted by Gasteiger charge is -2.19. The van der Waals surface area contributed by atoms with E-state index in [0.29, 0.717) is 0 Å². The Morgan fingerprint density at radius 3 is 2.57 bits per heavy atom. The van der Waals surface area contributed by atoms with Crippen LogP contribution in [0, 0.1) is 0 Å². The first kappa shape index (κ1) is 15.6. The molecule has 0 aliphatic carbocycles. The molecular weight excluding hydrogens is 288 g/mol. The summed E-state index contributed by atoms with van der Waals surface area (Å²) in [6.45, 7) is 0.829. The smallest absolute Gasteiger partial charge is 0.211 e. The van der Waals surface area contributed by atoms with Gasteiger partial charge in [-0.25, -0.2) is 8.42 Å². The average Bonchev–Trinajstić information content (AvgIpc) is 2.47. The minimum atomic E-state index is -3.29. The topological polar surface area (TPSA) is 89.2 Å². The Kier molecular flexibility index (Phi) is 5.00. The number of hydrogen-bond acceptors (Lipinski definition) is 5. The summed E-state index contributed by atoms with van der Waals surface area (Å²) < 4.78 is 24.8. The first-order valence-corrected chi connectivity index (χ1v) is 8.35. The van der Waals surface area contributed by atoms with Crippen LogP contribution in [0.15, 0.2) is 43.0 Å². The zero-order valence-electron chi connectivity index (χ0n) is 11.8. The summed E-state index contributed by atoms with van der Waals surface area (Å²) in [5.41, 5.74) is 8.13. The summed E-state index contributed by atoms with van der Waals surface area (Å²) in [6, 6.07) is 5.69. The van der Waals surface area contributed by atoms with Gasteiger partial charge in [0.2, 0.25) is 10.0 Å². The molecule has 2 heterocycles. The van der Waals surface area contributed by atoms with Crippen LogP contribution < -0.4 is 5.73 Å². The van der Waals surface area contributed by atoms with E-state index >= 15 is 0 Å². The van der Waals surface area contributed by atoms with E-state index in [2.05, 4.69) is 9.97 Å². The summed E-state index contributed by atoms with van der Waals surface area (Å²) in [6.07, 6.45) is 8.02. The fourth-order valence-electron chi connectivity index (χ4n) is 1.98.